The van der Waals surface area contributed by atoms with Gasteiger partial charge < -0.3 is 0 Å². The van der Waals surface area contributed by atoms with Crippen molar-refractivity contribution in [1.29, 1.82) is 0 Å². The van der Waals surface area contributed by atoms with Gasteiger partial charge in [-0.3, -0.25) is 0 Å². The van der Waals surface area contributed by atoms with E-state index >= 15 is 0 Å². The number of sulfonamides is 1. The number of benzene rings is 1. The van der Waals surface area contributed by atoms with Crippen LogP contribution >= 0.6 is 15.9 Å². The van der Waals surface area contributed by atoms with Crippen LogP contribution in [0.3, 0.4) is 0 Å². The van der Waals surface area contributed by atoms with E-state index in [4.69, 9.17) is 0 Å². The van der Waals surface area contributed by atoms with Gasteiger partial charge in [0.05, 0.1) is 4.90 Å². The van der Waals surface area contributed by atoms with Crippen LogP contribution in [-0.2, 0) is 10.0 Å². The summed E-state index contributed by atoms with van der Waals surface area (Å²) in [5.41, 5.74) is 0.943. The highest BCUT2D eigenvalue weighted by Crippen LogP contribution is 2.26. The van der Waals surface area contributed by atoms with Crippen molar-refractivity contribution in [2.24, 2.45) is 5.92 Å². The molecule has 1 aromatic carbocycles. The fraction of sp³-hybridized carbons (Fsp3) is 0.500. The molecule has 1 unspecified atom stereocenters. The summed E-state index contributed by atoms with van der Waals surface area (Å²) in [5.74, 6) is 0.460. The second-order valence-electron chi connectivity index (χ2n) is 4.67. The molecule has 0 radical (unpaired) electrons. The maximum Gasteiger partial charge on any atom is 0.243 e. The van der Waals surface area contributed by atoms with E-state index in [0.717, 1.165) is 16.5 Å². The Morgan fingerprint density at radius 3 is 2.65 bits per heavy atom. The van der Waals surface area contributed by atoms with Crippen molar-refractivity contribution in [2.45, 2.75) is 25.2 Å². The van der Waals surface area contributed by atoms with Gasteiger partial charge in [0, 0.05) is 17.6 Å². The fourth-order valence-electron chi connectivity index (χ4n) is 2.04. The number of hydrogen-bond acceptors (Lipinski definition) is 2. The Balaban J connectivity index is 2.35. The maximum absolute atomic E-state index is 12.4. The highest BCUT2D eigenvalue weighted by molar-refractivity contribution is 9.10. The summed E-state index contributed by atoms with van der Waals surface area (Å²) in [7, 11) is -3.30. The molecular formula is C12H16BrNO2S. The Kier molecular flexibility index (Phi) is 3.61. The molecule has 3 nitrogen and oxygen atoms in total. The normalized spacial score (nSPS) is 21.9. The first-order chi connectivity index (χ1) is 7.91. The van der Waals surface area contributed by atoms with Gasteiger partial charge in [-0.2, -0.15) is 4.31 Å². The maximum atomic E-state index is 12.4. The number of nitrogens with zero attached hydrogens (tertiary/aromatic N) is 1. The highest BCUT2D eigenvalue weighted by Gasteiger charge is 2.30. The number of rotatable bonds is 2. The smallest absolute Gasteiger partial charge is 0.207 e. The van der Waals surface area contributed by atoms with Crippen molar-refractivity contribution >= 4 is 26.0 Å². The standard InChI is InChI=1S/C12H16BrNO2S/c1-9-5-6-14(8-9)17(15,16)11-3-4-12(13)10(2)7-11/h3-4,7,9H,5-6,8H2,1-2H3. The van der Waals surface area contributed by atoms with E-state index in [0.29, 0.717) is 23.9 Å². The van der Waals surface area contributed by atoms with E-state index < -0.39 is 10.0 Å². The van der Waals surface area contributed by atoms with Gasteiger partial charge in [-0.05, 0) is 43.0 Å². The molecule has 0 spiro atoms. The summed E-state index contributed by atoms with van der Waals surface area (Å²) < 4.78 is 27.2. The molecule has 1 atom stereocenters. The van der Waals surface area contributed by atoms with E-state index in [1.165, 1.54) is 0 Å². The zero-order valence-electron chi connectivity index (χ0n) is 9.98. The van der Waals surface area contributed by atoms with Crippen molar-refractivity contribution in [2.75, 3.05) is 13.1 Å². The second kappa shape index (κ2) is 4.71. The second-order valence-corrected chi connectivity index (χ2v) is 7.46. The predicted octanol–water partition coefficient (Wildman–Crippen LogP) is 2.79. The van der Waals surface area contributed by atoms with Gasteiger partial charge in [0.15, 0.2) is 0 Å². The minimum absolute atomic E-state index is 0.396. The average molecular weight is 318 g/mol. The van der Waals surface area contributed by atoms with Crippen molar-refractivity contribution in [3.8, 4) is 0 Å². The van der Waals surface area contributed by atoms with Crippen LogP contribution in [-0.4, -0.2) is 25.8 Å². The largest absolute Gasteiger partial charge is 0.243 e. The Bertz CT molecular complexity index is 527. The Morgan fingerprint density at radius 1 is 1.41 bits per heavy atom. The molecule has 0 saturated carbocycles. The molecule has 0 aliphatic carbocycles. The van der Waals surface area contributed by atoms with Gasteiger partial charge in [-0.25, -0.2) is 8.42 Å². The third-order valence-electron chi connectivity index (χ3n) is 3.15. The lowest BCUT2D eigenvalue weighted by molar-refractivity contribution is 0.464. The number of hydrogen-bond donors (Lipinski definition) is 0. The summed E-state index contributed by atoms with van der Waals surface area (Å²) >= 11 is 3.38. The van der Waals surface area contributed by atoms with Gasteiger partial charge in [-0.15, -0.1) is 0 Å². The molecule has 1 heterocycles. The summed E-state index contributed by atoms with van der Waals surface area (Å²) in [6.45, 7) is 5.26. The molecule has 1 aliphatic heterocycles. The summed E-state index contributed by atoms with van der Waals surface area (Å²) in [6.07, 6.45) is 0.953. The molecule has 1 fully saturated rings. The van der Waals surface area contributed by atoms with E-state index in [-0.39, 0.29) is 0 Å². The van der Waals surface area contributed by atoms with Crippen LogP contribution in [0, 0.1) is 12.8 Å². The zero-order chi connectivity index (χ0) is 12.6. The van der Waals surface area contributed by atoms with Gasteiger partial charge in [0.1, 0.15) is 0 Å². The molecule has 94 valence electrons. The van der Waals surface area contributed by atoms with E-state index in [1.807, 2.05) is 6.92 Å². The van der Waals surface area contributed by atoms with Crippen LogP contribution < -0.4 is 0 Å². The third-order valence-corrected chi connectivity index (χ3v) is 5.90. The number of halogens is 1. The lowest BCUT2D eigenvalue weighted by Gasteiger charge is -2.16. The molecule has 0 N–H and O–H groups in total. The van der Waals surface area contributed by atoms with Crippen LogP contribution in [0.4, 0.5) is 0 Å². The molecule has 0 bridgehead atoms. The van der Waals surface area contributed by atoms with Crippen molar-refractivity contribution in [3.05, 3.63) is 28.2 Å². The first-order valence-electron chi connectivity index (χ1n) is 5.67. The van der Waals surface area contributed by atoms with Crippen LogP contribution in [0.5, 0.6) is 0 Å². The van der Waals surface area contributed by atoms with E-state index in [2.05, 4.69) is 22.9 Å². The Morgan fingerprint density at radius 2 is 2.12 bits per heavy atom. The Labute approximate surface area is 111 Å². The quantitative estimate of drug-likeness (QED) is 0.841. The van der Waals surface area contributed by atoms with E-state index in [1.54, 1.807) is 22.5 Å². The molecule has 1 aliphatic rings. The average Bonchev–Trinajstić information content (AvgIpc) is 2.69. The van der Waals surface area contributed by atoms with Crippen molar-refractivity contribution in [3.63, 3.8) is 0 Å². The molecule has 5 heteroatoms. The SMILES string of the molecule is Cc1cc(S(=O)(=O)N2CCC(C)C2)ccc1Br. The van der Waals surface area contributed by atoms with Crippen LogP contribution in [0.1, 0.15) is 18.9 Å². The Hall–Kier alpha value is -0.390. The molecule has 1 saturated heterocycles. The third kappa shape index (κ3) is 2.56. The summed E-state index contributed by atoms with van der Waals surface area (Å²) in [4.78, 5) is 0.396. The van der Waals surface area contributed by atoms with Crippen LogP contribution in [0.15, 0.2) is 27.6 Å². The van der Waals surface area contributed by atoms with Gasteiger partial charge >= 0.3 is 0 Å². The molecule has 1 aromatic rings. The van der Waals surface area contributed by atoms with E-state index in [9.17, 15) is 8.42 Å². The van der Waals surface area contributed by atoms with Crippen molar-refractivity contribution in [1.82, 2.24) is 4.31 Å². The zero-order valence-corrected chi connectivity index (χ0v) is 12.4. The van der Waals surface area contributed by atoms with Crippen LogP contribution in [0.25, 0.3) is 0 Å². The van der Waals surface area contributed by atoms with Gasteiger partial charge in [0.2, 0.25) is 10.0 Å². The monoisotopic (exact) mass is 317 g/mol. The van der Waals surface area contributed by atoms with Crippen molar-refractivity contribution < 1.29 is 8.42 Å². The minimum atomic E-state index is -3.30. The number of aryl methyl sites for hydroxylation is 1. The lowest BCUT2D eigenvalue weighted by atomic mass is 10.2. The topological polar surface area (TPSA) is 37.4 Å². The van der Waals surface area contributed by atoms with Crippen LogP contribution in [0.2, 0.25) is 0 Å². The molecular weight excluding hydrogens is 302 g/mol. The van der Waals surface area contributed by atoms with Gasteiger partial charge in [-0.1, -0.05) is 22.9 Å². The lowest BCUT2D eigenvalue weighted by Crippen LogP contribution is -2.28. The first kappa shape index (κ1) is 13.1. The fourth-order valence-corrected chi connectivity index (χ4v) is 3.95. The minimum Gasteiger partial charge on any atom is -0.207 e. The molecule has 0 aromatic heterocycles. The molecule has 0 amide bonds. The summed E-state index contributed by atoms with van der Waals surface area (Å²) in [6, 6.07) is 5.18. The molecule has 2 rings (SSSR count). The summed E-state index contributed by atoms with van der Waals surface area (Å²) in [5, 5.41) is 0. The molecule has 17 heavy (non-hydrogen) atoms. The highest BCUT2D eigenvalue weighted by atomic mass is 79.9. The predicted molar refractivity (Wildman–Crippen MR) is 71.4 cm³/mol. The van der Waals surface area contributed by atoms with Gasteiger partial charge in [0.25, 0.3) is 0 Å². The first-order valence-corrected chi connectivity index (χ1v) is 7.91.